The van der Waals surface area contributed by atoms with Crippen LogP contribution in [0.1, 0.15) is 15.9 Å². The van der Waals surface area contributed by atoms with Crippen LogP contribution in [0.4, 0.5) is 10.1 Å². The Hall–Kier alpha value is -3.50. The molecule has 4 rings (SSSR count). The molecule has 0 bridgehead atoms. The molecule has 0 atom stereocenters. The van der Waals surface area contributed by atoms with E-state index in [1.165, 1.54) is 29.2 Å². The number of ketones is 1. The second kappa shape index (κ2) is 11.3. The van der Waals surface area contributed by atoms with Gasteiger partial charge >= 0.3 is 0 Å². The van der Waals surface area contributed by atoms with E-state index in [9.17, 15) is 18.8 Å². The van der Waals surface area contributed by atoms with Gasteiger partial charge < -0.3 is 19.5 Å². The first kappa shape index (κ1) is 24.6. The van der Waals surface area contributed by atoms with E-state index in [1.807, 2.05) is 0 Å². The highest BCUT2D eigenvalue weighted by Crippen LogP contribution is 2.33. The van der Waals surface area contributed by atoms with Crippen molar-refractivity contribution < 1.29 is 33.0 Å². The molecule has 0 aliphatic carbocycles. The van der Waals surface area contributed by atoms with Crippen molar-refractivity contribution in [1.82, 2.24) is 10.2 Å². The minimum Gasteiger partial charge on any atom is -0.485 e. The van der Waals surface area contributed by atoms with Crippen molar-refractivity contribution in [2.75, 3.05) is 64.1 Å². The van der Waals surface area contributed by atoms with Gasteiger partial charge in [-0.15, -0.1) is 0 Å². The zero-order valence-corrected chi connectivity index (χ0v) is 19.5. The number of morpholine rings is 1. The lowest BCUT2D eigenvalue weighted by Gasteiger charge is -2.29. The van der Waals surface area contributed by atoms with Crippen molar-refractivity contribution in [3.8, 4) is 11.5 Å². The molecular weight excluding hydrogens is 457 g/mol. The minimum absolute atomic E-state index is 0.179. The summed E-state index contributed by atoms with van der Waals surface area (Å²) >= 11 is 0. The molecule has 35 heavy (non-hydrogen) atoms. The Bertz CT molecular complexity index is 1100. The zero-order chi connectivity index (χ0) is 24.8. The zero-order valence-electron chi connectivity index (χ0n) is 19.5. The van der Waals surface area contributed by atoms with Gasteiger partial charge in [-0.25, -0.2) is 4.39 Å². The van der Waals surface area contributed by atoms with Crippen LogP contribution >= 0.6 is 0 Å². The van der Waals surface area contributed by atoms with Gasteiger partial charge in [-0.3, -0.25) is 24.2 Å². The maximum absolute atomic E-state index is 13.3. The monoisotopic (exact) mass is 485 g/mol. The van der Waals surface area contributed by atoms with Gasteiger partial charge in [0.05, 0.1) is 18.9 Å². The lowest BCUT2D eigenvalue weighted by atomic mass is 10.1. The summed E-state index contributed by atoms with van der Waals surface area (Å²) < 4.78 is 29.6. The fourth-order valence-corrected chi connectivity index (χ4v) is 3.93. The van der Waals surface area contributed by atoms with Gasteiger partial charge in [0.25, 0.3) is 5.91 Å². The average Bonchev–Trinajstić information content (AvgIpc) is 2.85. The number of hydrogen-bond donors (Lipinski definition) is 1. The van der Waals surface area contributed by atoms with Gasteiger partial charge in [-0.2, -0.15) is 0 Å². The summed E-state index contributed by atoms with van der Waals surface area (Å²) in [6, 6.07) is 8.76. The van der Waals surface area contributed by atoms with E-state index in [0.29, 0.717) is 54.6 Å². The number of carbonyl (C=O) groups is 3. The lowest BCUT2D eigenvalue weighted by molar-refractivity contribution is -0.125. The van der Waals surface area contributed by atoms with E-state index < -0.39 is 0 Å². The molecule has 2 heterocycles. The number of nitrogens with zero attached hydrogens (tertiary/aromatic N) is 2. The Morgan fingerprint density at radius 1 is 1.14 bits per heavy atom. The number of rotatable bonds is 9. The number of carbonyl (C=O) groups excluding carboxylic acids is 3. The largest absolute Gasteiger partial charge is 0.485 e. The number of amides is 2. The van der Waals surface area contributed by atoms with Crippen molar-refractivity contribution in [2.24, 2.45) is 0 Å². The van der Waals surface area contributed by atoms with Crippen LogP contribution in [-0.2, 0) is 14.3 Å². The maximum atomic E-state index is 13.3. The van der Waals surface area contributed by atoms with Crippen LogP contribution in [0.15, 0.2) is 36.4 Å². The van der Waals surface area contributed by atoms with Crippen molar-refractivity contribution in [3.05, 3.63) is 53.3 Å². The molecule has 0 aromatic heterocycles. The van der Waals surface area contributed by atoms with Gasteiger partial charge in [0.1, 0.15) is 23.9 Å². The Morgan fingerprint density at radius 2 is 1.94 bits per heavy atom. The summed E-state index contributed by atoms with van der Waals surface area (Å²) in [5, 5.41) is 2.84. The molecule has 1 N–H and O–H groups in total. The van der Waals surface area contributed by atoms with Crippen molar-refractivity contribution >= 4 is 23.3 Å². The highest BCUT2D eigenvalue weighted by atomic mass is 19.1. The normalized spacial score (nSPS) is 15.8. The second-order valence-corrected chi connectivity index (χ2v) is 8.38. The third kappa shape index (κ3) is 6.34. The fraction of sp³-hybridized carbons (Fsp3) is 0.400. The number of aryl methyl sites for hydroxylation is 1. The fourth-order valence-electron chi connectivity index (χ4n) is 3.93. The molecule has 0 radical (unpaired) electrons. The van der Waals surface area contributed by atoms with E-state index >= 15 is 0 Å². The predicted molar refractivity (Wildman–Crippen MR) is 126 cm³/mol. The van der Waals surface area contributed by atoms with Crippen LogP contribution in [0.3, 0.4) is 0 Å². The number of fused-ring (bicyclic) bond motifs is 1. The number of hydrogen-bond acceptors (Lipinski definition) is 7. The van der Waals surface area contributed by atoms with E-state index in [-0.39, 0.29) is 43.2 Å². The van der Waals surface area contributed by atoms with Gasteiger partial charge in [-0.05, 0) is 48.9 Å². The molecule has 2 amide bonds. The molecule has 1 saturated heterocycles. The summed E-state index contributed by atoms with van der Waals surface area (Å²) in [5.74, 6) is -0.561. The van der Waals surface area contributed by atoms with Crippen LogP contribution in [0.5, 0.6) is 11.5 Å². The molecule has 9 nitrogen and oxygen atoms in total. The number of ether oxygens (including phenoxy) is 3. The van der Waals surface area contributed by atoms with Crippen LogP contribution in [0.2, 0.25) is 0 Å². The number of anilines is 1. The summed E-state index contributed by atoms with van der Waals surface area (Å²) in [6.45, 7) is 5.24. The first-order chi connectivity index (χ1) is 16.9. The van der Waals surface area contributed by atoms with E-state index in [2.05, 4.69) is 10.2 Å². The number of nitrogens with one attached hydrogen (secondary N) is 1. The molecule has 186 valence electrons. The summed E-state index contributed by atoms with van der Waals surface area (Å²) in [5.41, 5.74) is 1.24. The second-order valence-electron chi connectivity index (χ2n) is 8.38. The average molecular weight is 486 g/mol. The van der Waals surface area contributed by atoms with Crippen LogP contribution < -0.4 is 19.7 Å². The van der Waals surface area contributed by atoms with Gasteiger partial charge in [0.15, 0.2) is 19.0 Å². The third-order valence-corrected chi connectivity index (χ3v) is 5.88. The molecule has 0 unspecified atom stereocenters. The van der Waals surface area contributed by atoms with E-state index in [4.69, 9.17) is 14.2 Å². The van der Waals surface area contributed by atoms with Gasteiger partial charge in [0.2, 0.25) is 5.91 Å². The first-order valence-electron chi connectivity index (χ1n) is 11.5. The highest BCUT2D eigenvalue weighted by Gasteiger charge is 2.28. The molecular formula is C25H28FN3O6. The Balaban J connectivity index is 1.38. The van der Waals surface area contributed by atoms with Crippen LogP contribution in [-0.4, -0.2) is 81.6 Å². The van der Waals surface area contributed by atoms with E-state index in [1.54, 1.807) is 19.1 Å². The smallest absolute Gasteiger partial charge is 0.265 e. The maximum Gasteiger partial charge on any atom is 0.265 e. The van der Waals surface area contributed by atoms with E-state index in [0.717, 1.165) is 13.1 Å². The Kier molecular flexibility index (Phi) is 7.94. The number of Topliss-reactive ketones (excluding diaryl/α,β-unsaturated/α-hetero) is 1. The topological polar surface area (TPSA) is 97.4 Å². The van der Waals surface area contributed by atoms with Crippen LogP contribution in [0, 0.1) is 12.7 Å². The summed E-state index contributed by atoms with van der Waals surface area (Å²) in [7, 11) is 0. The summed E-state index contributed by atoms with van der Waals surface area (Å²) in [6.07, 6.45) is 0. The molecule has 1 fully saturated rings. The molecule has 2 aromatic rings. The Labute approximate surface area is 202 Å². The third-order valence-electron chi connectivity index (χ3n) is 5.88. The summed E-state index contributed by atoms with van der Waals surface area (Å²) in [4.78, 5) is 41.3. The number of benzene rings is 2. The first-order valence-corrected chi connectivity index (χ1v) is 11.5. The van der Waals surface area contributed by atoms with Crippen molar-refractivity contribution in [1.29, 1.82) is 0 Å². The number of halogens is 1. The quantitative estimate of drug-likeness (QED) is 0.539. The molecule has 0 saturated carbocycles. The standard InChI is InChI=1S/C25H28FN3O6/c1-17-12-19(26)3-5-22(17)34-15-21(30)18-2-4-23-20(13-18)29(25(32)16-35-23)14-24(31)27-6-7-28-8-10-33-11-9-28/h2-5,12-13H,6-11,14-16H2,1H3,(H,27,31). The van der Waals surface area contributed by atoms with Crippen molar-refractivity contribution in [3.63, 3.8) is 0 Å². The molecule has 0 spiro atoms. The lowest BCUT2D eigenvalue weighted by Crippen LogP contribution is -2.47. The SMILES string of the molecule is Cc1cc(F)ccc1OCC(=O)c1ccc2c(c1)N(CC(=O)NCCN1CCOCC1)C(=O)CO2. The minimum atomic E-state index is -0.384. The van der Waals surface area contributed by atoms with Gasteiger partial charge in [-0.1, -0.05) is 0 Å². The molecule has 2 aliphatic heterocycles. The highest BCUT2D eigenvalue weighted by molar-refractivity contribution is 6.04. The molecule has 10 heteroatoms. The molecule has 2 aromatic carbocycles. The van der Waals surface area contributed by atoms with Gasteiger partial charge in [0, 0.05) is 31.7 Å². The van der Waals surface area contributed by atoms with Crippen LogP contribution in [0.25, 0.3) is 0 Å². The predicted octanol–water partition coefficient (Wildman–Crippen LogP) is 1.57. The van der Waals surface area contributed by atoms with Crippen molar-refractivity contribution in [2.45, 2.75) is 6.92 Å². The molecule has 2 aliphatic rings. The Morgan fingerprint density at radius 3 is 2.71 bits per heavy atom.